The van der Waals surface area contributed by atoms with E-state index < -0.39 is 11.1 Å². The molecule has 0 aliphatic carbocycles. The highest BCUT2D eigenvalue weighted by Gasteiger charge is 2.30. The zero-order chi connectivity index (χ0) is 19.1. The van der Waals surface area contributed by atoms with E-state index in [1.165, 1.54) is 4.57 Å². The molecule has 7 heteroatoms. The zero-order valence-corrected chi connectivity index (χ0v) is 16.2. The van der Waals surface area contributed by atoms with Gasteiger partial charge in [-0.05, 0) is 42.2 Å². The molecule has 4 rings (SSSR count). The largest absolute Gasteiger partial charge is 0.326 e. The molecule has 6 nitrogen and oxygen atoms in total. The molecule has 2 atom stereocenters. The normalized spacial score (nSPS) is 18.4. The van der Waals surface area contributed by atoms with Crippen molar-refractivity contribution in [2.24, 2.45) is 0 Å². The van der Waals surface area contributed by atoms with Gasteiger partial charge in [-0.3, -0.25) is 19.0 Å². The van der Waals surface area contributed by atoms with Gasteiger partial charge in [-0.1, -0.05) is 41.1 Å². The highest BCUT2D eigenvalue weighted by atomic mass is 79.9. The maximum atomic E-state index is 12.6. The second kappa shape index (κ2) is 6.81. The van der Waals surface area contributed by atoms with Crippen molar-refractivity contribution >= 4 is 38.6 Å². The summed E-state index contributed by atoms with van der Waals surface area (Å²) in [6.45, 7) is 2.07. The third-order valence-electron chi connectivity index (χ3n) is 5.01. The second-order valence-electron chi connectivity index (χ2n) is 6.93. The van der Waals surface area contributed by atoms with Gasteiger partial charge >= 0.3 is 11.1 Å². The highest BCUT2D eigenvalue weighted by Crippen LogP contribution is 2.39. The maximum absolute atomic E-state index is 12.6. The van der Waals surface area contributed by atoms with E-state index in [0.717, 1.165) is 10.0 Å². The standard InChI is InChI=1S/C20H18BrN3O3/c1-11-7-14(10-17(25)22-13-5-3-2-4-6-13)24-18-15(11)8-12(21)9-16(18)23-19(26)20(24)27/h2-6,8-9,11,14H,7,10H2,1H3,(H,22,25)(H,23,26)/t11-,14-/m0/s1. The van der Waals surface area contributed by atoms with E-state index in [1.54, 1.807) is 6.07 Å². The summed E-state index contributed by atoms with van der Waals surface area (Å²) in [5.41, 5.74) is 1.72. The number of carbonyl (C=O) groups is 1. The predicted molar refractivity (Wildman–Crippen MR) is 108 cm³/mol. The number of carbonyl (C=O) groups excluding carboxylic acids is 1. The Morgan fingerprint density at radius 2 is 2.00 bits per heavy atom. The molecule has 0 radical (unpaired) electrons. The molecule has 1 aliphatic heterocycles. The fourth-order valence-electron chi connectivity index (χ4n) is 3.86. The molecule has 2 aromatic carbocycles. The number of nitrogens with zero attached hydrogens (tertiary/aromatic N) is 1. The number of halogens is 1. The Bertz CT molecular complexity index is 1150. The van der Waals surface area contributed by atoms with Crippen molar-refractivity contribution in [2.45, 2.75) is 31.7 Å². The molecule has 3 aromatic rings. The van der Waals surface area contributed by atoms with Gasteiger partial charge in [0.1, 0.15) is 0 Å². The van der Waals surface area contributed by atoms with Crippen LogP contribution in [0.25, 0.3) is 11.0 Å². The zero-order valence-electron chi connectivity index (χ0n) is 14.7. The van der Waals surface area contributed by atoms with E-state index in [4.69, 9.17) is 0 Å². The second-order valence-corrected chi connectivity index (χ2v) is 7.85. The van der Waals surface area contributed by atoms with Crippen LogP contribution in [0.2, 0.25) is 0 Å². The van der Waals surface area contributed by atoms with Gasteiger partial charge in [-0.15, -0.1) is 0 Å². The summed E-state index contributed by atoms with van der Waals surface area (Å²) in [6.07, 6.45) is 0.747. The topological polar surface area (TPSA) is 84.0 Å². The molecule has 2 heterocycles. The monoisotopic (exact) mass is 427 g/mol. The minimum absolute atomic E-state index is 0.132. The average molecular weight is 428 g/mol. The van der Waals surface area contributed by atoms with Crippen molar-refractivity contribution in [2.75, 3.05) is 5.32 Å². The van der Waals surface area contributed by atoms with Gasteiger partial charge in [0.15, 0.2) is 0 Å². The van der Waals surface area contributed by atoms with Gasteiger partial charge in [0, 0.05) is 22.6 Å². The Balaban J connectivity index is 1.77. The summed E-state index contributed by atoms with van der Waals surface area (Å²) >= 11 is 3.46. The van der Waals surface area contributed by atoms with Crippen LogP contribution in [0, 0.1) is 0 Å². The van der Waals surface area contributed by atoms with Crippen LogP contribution in [-0.4, -0.2) is 15.5 Å². The lowest BCUT2D eigenvalue weighted by Crippen LogP contribution is -2.41. The summed E-state index contributed by atoms with van der Waals surface area (Å²) in [5.74, 6) is -0.0240. The summed E-state index contributed by atoms with van der Waals surface area (Å²) in [5, 5.41) is 2.86. The predicted octanol–water partition coefficient (Wildman–Crippen LogP) is 3.53. The van der Waals surface area contributed by atoms with Gasteiger partial charge in [0.05, 0.1) is 11.0 Å². The number of H-pyrrole nitrogens is 1. The van der Waals surface area contributed by atoms with E-state index >= 15 is 0 Å². The van der Waals surface area contributed by atoms with Crippen molar-refractivity contribution in [3.8, 4) is 0 Å². The van der Waals surface area contributed by atoms with Gasteiger partial charge < -0.3 is 10.3 Å². The Labute approximate surface area is 163 Å². The number of anilines is 1. The number of aromatic nitrogens is 2. The Kier molecular flexibility index (Phi) is 4.47. The fourth-order valence-corrected chi connectivity index (χ4v) is 4.33. The molecule has 2 N–H and O–H groups in total. The number of benzene rings is 2. The number of amides is 1. The Morgan fingerprint density at radius 1 is 1.26 bits per heavy atom. The molecule has 0 saturated carbocycles. The molecule has 0 fully saturated rings. The number of nitrogens with one attached hydrogen (secondary N) is 2. The molecule has 0 spiro atoms. The minimum Gasteiger partial charge on any atom is -0.326 e. The van der Waals surface area contributed by atoms with Crippen molar-refractivity contribution in [1.29, 1.82) is 0 Å². The summed E-state index contributed by atoms with van der Waals surface area (Å²) in [4.78, 5) is 40.0. The molecule has 0 bridgehead atoms. The lowest BCUT2D eigenvalue weighted by molar-refractivity contribution is -0.117. The molecular weight excluding hydrogens is 410 g/mol. The van der Waals surface area contributed by atoms with Crippen molar-refractivity contribution < 1.29 is 4.79 Å². The Morgan fingerprint density at radius 3 is 2.74 bits per heavy atom. The van der Waals surface area contributed by atoms with Crippen LogP contribution in [0.5, 0.6) is 0 Å². The first-order chi connectivity index (χ1) is 12.9. The van der Waals surface area contributed by atoms with Crippen LogP contribution in [-0.2, 0) is 4.79 Å². The van der Waals surface area contributed by atoms with Crippen LogP contribution in [0.1, 0.15) is 37.3 Å². The van der Waals surface area contributed by atoms with E-state index in [9.17, 15) is 14.4 Å². The number of para-hydroxylation sites is 1. The van der Waals surface area contributed by atoms with Crippen LogP contribution in [0.4, 0.5) is 5.69 Å². The van der Waals surface area contributed by atoms with Crippen LogP contribution in [0.3, 0.4) is 0 Å². The third-order valence-corrected chi connectivity index (χ3v) is 5.46. The van der Waals surface area contributed by atoms with Crippen LogP contribution >= 0.6 is 15.9 Å². The molecule has 27 heavy (non-hydrogen) atoms. The molecule has 1 aromatic heterocycles. The van der Waals surface area contributed by atoms with E-state index in [2.05, 4.69) is 33.2 Å². The highest BCUT2D eigenvalue weighted by molar-refractivity contribution is 9.10. The molecule has 1 aliphatic rings. The number of hydrogen-bond donors (Lipinski definition) is 2. The molecule has 138 valence electrons. The quantitative estimate of drug-likeness (QED) is 0.627. The van der Waals surface area contributed by atoms with Crippen LogP contribution < -0.4 is 16.4 Å². The lowest BCUT2D eigenvalue weighted by atomic mass is 9.87. The van der Waals surface area contributed by atoms with Crippen LogP contribution in [0.15, 0.2) is 56.5 Å². The Hall–Kier alpha value is -2.67. The lowest BCUT2D eigenvalue weighted by Gasteiger charge is -2.31. The van der Waals surface area contributed by atoms with E-state index in [1.807, 2.05) is 36.4 Å². The molecule has 1 amide bonds. The van der Waals surface area contributed by atoms with Gasteiger partial charge in [0.2, 0.25) is 5.91 Å². The minimum atomic E-state index is -0.672. The maximum Gasteiger partial charge on any atom is 0.317 e. The van der Waals surface area contributed by atoms with E-state index in [-0.39, 0.29) is 24.3 Å². The molecule has 0 unspecified atom stereocenters. The van der Waals surface area contributed by atoms with E-state index in [0.29, 0.717) is 23.1 Å². The molecule has 0 saturated heterocycles. The van der Waals surface area contributed by atoms with Gasteiger partial charge in [0.25, 0.3) is 0 Å². The van der Waals surface area contributed by atoms with Crippen molar-refractivity contribution in [1.82, 2.24) is 9.55 Å². The number of aromatic amines is 1. The first-order valence-electron chi connectivity index (χ1n) is 8.77. The SMILES string of the molecule is C[C@H]1C[C@@H](CC(=O)Nc2ccccc2)n2c(=O)c(=O)[nH]c3cc(Br)cc1c32. The summed E-state index contributed by atoms with van der Waals surface area (Å²) in [7, 11) is 0. The fraction of sp³-hybridized carbons (Fsp3) is 0.250. The van der Waals surface area contributed by atoms with Gasteiger partial charge in [-0.2, -0.15) is 0 Å². The first-order valence-corrected chi connectivity index (χ1v) is 9.56. The average Bonchev–Trinajstić information content (AvgIpc) is 2.62. The first kappa shape index (κ1) is 17.7. The number of rotatable bonds is 3. The molecular formula is C20H18BrN3O3. The van der Waals surface area contributed by atoms with Gasteiger partial charge in [-0.25, -0.2) is 0 Å². The summed E-state index contributed by atoms with van der Waals surface area (Å²) in [6, 6.07) is 12.6. The van der Waals surface area contributed by atoms with Crippen molar-refractivity contribution in [3.05, 3.63) is 73.2 Å². The van der Waals surface area contributed by atoms with Crippen molar-refractivity contribution in [3.63, 3.8) is 0 Å². The smallest absolute Gasteiger partial charge is 0.317 e. The third kappa shape index (κ3) is 3.23. The summed E-state index contributed by atoms with van der Waals surface area (Å²) < 4.78 is 2.35. The number of hydrogen-bond acceptors (Lipinski definition) is 3.